The Balaban J connectivity index is 1.61. The number of piperazine rings is 1. The lowest BCUT2D eigenvalue weighted by molar-refractivity contribution is -0.133. The van der Waals surface area contributed by atoms with Crippen molar-refractivity contribution in [3.05, 3.63) is 66.2 Å². The van der Waals surface area contributed by atoms with E-state index in [1.807, 2.05) is 30.3 Å². The summed E-state index contributed by atoms with van der Waals surface area (Å²) in [6.45, 7) is 5.64. The molecule has 0 saturated carbocycles. The van der Waals surface area contributed by atoms with Gasteiger partial charge in [-0.15, -0.1) is 0 Å². The van der Waals surface area contributed by atoms with Gasteiger partial charge in [-0.1, -0.05) is 62.4 Å². The van der Waals surface area contributed by atoms with Crippen molar-refractivity contribution < 1.29 is 13.2 Å². The number of sulfonamides is 1. The maximum Gasteiger partial charge on any atom is 0.243 e. The summed E-state index contributed by atoms with van der Waals surface area (Å²) in [5, 5.41) is 0. The van der Waals surface area contributed by atoms with Crippen molar-refractivity contribution in [2.24, 2.45) is 0 Å². The summed E-state index contributed by atoms with van der Waals surface area (Å²) in [6, 6.07) is 18.5. The van der Waals surface area contributed by atoms with Crippen LogP contribution in [0.1, 0.15) is 25.8 Å². The lowest BCUT2D eigenvalue weighted by Crippen LogP contribution is -2.51. The van der Waals surface area contributed by atoms with Gasteiger partial charge in [-0.3, -0.25) is 4.79 Å². The maximum atomic E-state index is 12.8. The third-order valence-corrected chi connectivity index (χ3v) is 7.03. The molecule has 5 nitrogen and oxygen atoms in total. The zero-order valence-electron chi connectivity index (χ0n) is 15.8. The fourth-order valence-corrected chi connectivity index (χ4v) is 4.84. The molecule has 0 aliphatic carbocycles. The summed E-state index contributed by atoms with van der Waals surface area (Å²) in [7, 11) is -3.49. The number of benzene rings is 2. The Morgan fingerprint density at radius 3 is 1.96 bits per heavy atom. The Morgan fingerprint density at radius 2 is 1.41 bits per heavy atom. The second kappa shape index (κ2) is 7.82. The van der Waals surface area contributed by atoms with E-state index in [9.17, 15) is 13.2 Å². The fourth-order valence-electron chi connectivity index (χ4n) is 3.40. The van der Waals surface area contributed by atoms with Crippen LogP contribution in [-0.2, 0) is 20.2 Å². The number of hydrogen-bond donors (Lipinski definition) is 0. The lowest BCUT2D eigenvalue weighted by Gasteiger charge is -2.36. The molecular formula is C21H26N2O3S. The van der Waals surface area contributed by atoms with Crippen LogP contribution in [0.25, 0.3) is 0 Å². The first-order chi connectivity index (χ1) is 12.8. The second-order valence-electron chi connectivity index (χ2n) is 7.52. The summed E-state index contributed by atoms with van der Waals surface area (Å²) in [5.41, 5.74) is 0.870. The van der Waals surface area contributed by atoms with Crippen molar-refractivity contribution in [3.63, 3.8) is 0 Å². The molecule has 2 aromatic carbocycles. The summed E-state index contributed by atoms with van der Waals surface area (Å²) in [5.74, 6) is 0.0700. The van der Waals surface area contributed by atoms with Crippen molar-refractivity contribution in [2.45, 2.75) is 30.6 Å². The topological polar surface area (TPSA) is 57.7 Å². The molecule has 0 atom stereocenters. The summed E-state index contributed by atoms with van der Waals surface area (Å²) < 4.78 is 26.9. The number of carbonyl (C=O) groups excluding carboxylic acids is 1. The average Bonchev–Trinajstić information content (AvgIpc) is 2.69. The molecule has 0 N–H and O–H groups in total. The van der Waals surface area contributed by atoms with Crippen molar-refractivity contribution >= 4 is 15.9 Å². The zero-order valence-corrected chi connectivity index (χ0v) is 16.7. The van der Waals surface area contributed by atoms with Crippen LogP contribution in [0.3, 0.4) is 0 Å². The Labute approximate surface area is 161 Å². The van der Waals surface area contributed by atoms with E-state index in [2.05, 4.69) is 13.8 Å². The number of amides is 1. The molecule has 0 bridgehead atoms. The second-order valence-corrected chi connectivity index (χ2v) is 9.46. The molecule has 6 heteroatoms. The molecule has 1 amide bonds. The van der Waals surface area contributed by atoms with Crippen molar-refractivity contribution in [1.82, 2.24) is 9.21 Å². The SMILES string of the molecule is CC(C)(CC(=O)N1CCN(S(=O)(=O)c2ccccc2)CC1)c1ccccc1. The fraction of sp³-hybridized carbons (Fsp3) is 0.381. The van der Waals surface area contributed by atoms with Gasteiger partial charge < -0.3 is 4.90 Å². The van der Waals surface area contributed by atoms with E-state index < -0.39 is 10.0 Å². The Bertz CT molecular complexity index is 872. The van der Waals surface area contributed by atoms with Crippen LogP contribution < -0.4 is 0 Å². The highest BCUT2D eigenvalue weighted by atomic mass is 32.2. The van der Waals surface area contributed by atoms with Gasteiger partial charge >= 0.3 is 0 Å². The van der Waals surface area contributed by atoms with Crippen LogP contribution in [0.4, 0.5) is 0 Å². The van der Waals surface area contributed by atoms with E-state index in [-0.39, 0.29) is 11.3 Å². The van der Waals surface area contributed by atoms with E-state index in [1.54, 1.807) is 35.2 Å². The van der Waals surface area contributed by atoms with Crippen LogP contribution in [0, 0.1) is 0 Å². The first-order valence-electron chi connectivity index (χ1n) is 9.19. The van der Waals surface area contributed by atoms with Crippen molar-refractivity contribution in [2.75, 3.05) is 26.2 Å². The molecule has 0 radical (unpaired) electrons. The Kier molecular flexibility index (Phi) is 5.67. The molecule has 1 aliphatic rings. The highest BCUT2D eigenvalue weighted by Gasteiger charge is 2.32. The van der Waals surface area contributed by atoms with Crippen molar-refractivity contribution in [1.29, 1.82) is 0 Å². The Morgan fingerprint density at radius 1 is 0.889 bits per heavy atom. The molecule has 0 aromatic heterocycles. The largest absolute Gasteiger partial charge is 0.340 e. The van der Waals surface area contributed by atoms with E-state index in [4.69, 9.17) is 0 Å². The van der Waals surface area contributed by atoms with Gasteiger partial charge in [0.15, 0.2) is 0 Å². The first kappa shape index (κ1) is 19.6. The smallest absolute Gasteiger partial charge is 0.243 e. The maximum absolute atomic E-state index is 12.8. The molecule has 1 aliphatic heterocycles. The highest BCUT2D eigenvalue weighted by Crippen LogP contribution is 2.28. The van der Waals surface area contributed by atoms with Crippen LogP contribution in [0.2, 0.25) is 0 Å². The number of nitrogens with zero attached hydrogens (tertiary/aromatic N) is 2. The van der Waals surface area contributed by atoms with Gasteiger partial charge in [0.25, 0.3) is 0 Å². The Hall–Kier alpha value is -2.18. The van der Waals surface area contributed by atoms with Gasteiger partial charge in [-0.05, 0) is 23.1 Å². The molecule has 27 heavy (non-hydrogen) atoms. The molecule has 0 spiro atoms. The van der Waals surface area contributed by atoms with Gasteiger partial charge in [-0.25, -0.2) is 8.42 Å². The minimum atomic E-state index is -3.49. The molecular weight excluding hydrogens is 360 g/mol. The highest BCUT2D eigenvalue weighted by molar-refractivity contribution is 7.89. The van der Waals surface area contributed by atoms with E-state index in [1.165, 1.54) is 4.31 Å². The van der Waals surface area contributed by atoms with E-state index in [0.717, 1.165) is 5.56 Å². The zero-order chi connectivity index (χ0) is 19.5. The third-order valence-electron chi connectivity index (χ3n) is 5.12. The summed E-state index contributed by atoms with van der Waals surface area (Å²) >= 11 is 0. The quantitative estimate of drug-likeness (QED) is 0.794. The van der Waals surface area contributed by atoms with Gasteiger partial charge in [0.1, 0.15) is 0 Å². The van der Waals surface area contributed by atoms with Gasteiger partial charge in [0.05, 0.1) is 4.90 Å². The average molecular weight is 387 g/mol. The van der Waals surface area contributed by atoms with Gasteiger partial charge in [-0.2, -0.15) is 4.31 Å². The molecule has 1 fully saturated rings. The molecule has 2 aromatic rings. The van der Waals surface area contributed by atoms with E-state index >= 15 is 0 Å². The van der Waals surface area contributed by atoms with Crippen LogP contribution in [-0.4, -0.2) is 49.7 Å². The normalized spacial score (nSPS) is 16.3. The minimum absolute atomic E-state index is 0.0700. The number of carbonyl (C=O) groups is 1. The van der Waals surface area contributed by atoms with Gasteiger partial charge in [0.2, 0.25) is 15.9 Å². The van der Waals surface area contributed by atoms with Crippen LogP contribution in [0.15, 0.2) is 65.6 Å². The third kappa shape index (κ3) is 4.39. The minimum Gasteiger partial charge on any atom is -0.340 e. The number of hydrogen-bond acceptors (Lipinski definition) is 3. The molecule has 144 valence electrons. The lowest BCUT2D eigenvalue weighted by atomic mass is 9.81. The van der Waals surface area contributed by atoms with Gasteiger partial charge in [0, 0.05) is 32.6 Å². The molecule has 3 rings (SSSR count). The summed E-state index contributed by atoms with van der Waals surface area (Å²) in [4.78, 5) is 14.9. The molecule has 1 saturated heterocycles. The first-order valence-corrected chi connectivity index (χ1v) is 10.6. The van der Waals surface area contributed by atoms with Crippen LogP contribution in [0.5, 0.6) is 0 Å². The van der Waals surface area contributed by atoms with Crippen LogP contribution >= 0.6 is 0 Å². The van der Waals surface area contributed by atoms with Crippen molar-refractivity contribution in [3.8, 4) is 0 Å². The predicted octanol–water partition coefficient (Wildman–Crippen LogP) is 2.89. The number of rotatable bonds is 5. The van der Waals surface area contributed by atoms with E-state index in [0.29, 0.717) is 37.5 Å². The molecule has 1 heterocycles. The standard InChI is InChI=1S/C21H26N2O3S/c1-21(2,18-9-5-3-6-10-18)17-20(24)22-13-15-23(16-14-22)27(25,26)19-11-7-4-8-12-19/h3-12H,13-17H2,1-2H3. The monoisotopic (exact) mass is 386 g/mol. The molecule has 0 unspecified atom stereocenters. The predicted molar refractivity (Wildman–Crippen MR) is 106 cm³/mol. The summed E-state index contributed by atoms with van der Waals surface area (Å²) in [6.07, 6.45) is 0.405.